The summed E-state index contributed by atoms with van der Waals surface area (Å²) in [6.07, 6.45) is 2.56. The quantitative estimate of drug-likeness (QED) is 0.853. The number of nitrogens with one attached hydrogen (secondary N) is 2. The highest BCUT2D eigenvalue weighted by atomic mass is 35.5. The van der Waals surface area contributed by atoms with Crippen molar-refractivity contribution < 1.29 is 9.53 Å². The third-order valence-electron chi connectivity index (χ3n) is 4.13. The minimum absolute atomic E-state index is 0.0346. The molecule has 1 unspecified atom stereocenters. The van der Waals surface area contributed by atoms with Gasteiger partial charge in [0.1, 0.15) is 0 Å². The van der Waals surface area contributed by atoms with Gasteiger partial charge in [0.15, 0.2) is 0 Å². The van der Waals surface area contributed by atoms with Crippen LogP contribution in [0.1, 0.15) is 17.7 Å². The van der Waals surface area contributed by atoms with Crippen molar-refractivity contribution in [3.63, 3.8) is 0 Å². The Morgan fingerprint density at radius 1 is 1.52 bits per heavy atom. The van der Waals surface area contributed by atoms with Gasteiger partial charge in [0.05, 0.1) is 6.61 Å². The normalized spacial score (nSPS) is 17.7. The predicted molar refractivity (Wildman–Crippen MR) is 83.7 cm³/mol. The lowest BCUT2D eigenvalue weighted by Gasteiger charge is -2.21. The van der Waals surface area contributed by atoms with Gasteiger partial charge in [-0.05, 0) is 43.0 Å². The average Bonchev–Trinajstić information content (AvgIpc) is 2.84. The Hall–Kier alpha value is -1.52. The molecule has 0 spiro atoms. The van der Waals surface area contributed by atoms with Crippen LogP contribution in [0, 0.1) is 5.92 Å². The van der Waals surface area contributed by atoms with Crippen LogP contribution in [0.3, 0.4) is 0 Å². The number of fused-ring (bicyclic) bond motifs is 3. The van der Waals surface area contributed by atoms with Gasteiger partial charge < -0.3 is 15.0 Å². The molecule has 1 aromatic carbocycles. The summed E-state index contributed by atoms with van der Waals surface area (Å²) in [6.45, 7) is 1.12. The number of ether oxygens (including phenoxy) is 1. The Kier molecular flexibility index (Phi) is 4.17. The molecule has 1 atom stereocenters. The van der Waals surface area contributed by atoms with Gasteiger partial charge >= 0.3 is 0 Å². The summed E-state index contributed by atoms with van der Waals surface area (Å²) >= 11 is 6.09. The number of carbonyl (C=O) groups excluding carboxylic acids is 1. The van der Waals surface area contributed by atoms with Crippen molar-refractivity contribution in [3.05, 3.63) is 34.5 Å². The molecule has 0 bridgehead atoms. The summed E-state index contributed by atoms with van der Waals surface area (Å²) in [5.74, 6) is 0.154. The van der Waals surface area contributed by atoms with E-state index in [1.54, 1.807) is 7.11 Å². The topological polar surface area (TPSA) is 54.1 Å². The number of hydrogen-bond acceptors (Lipinski definition) is 2. The van der Waals surface area contributed by atoms with Crippen molar-refractivity contribution in [1.82, 2.24) is 10.3 Å². The molecule has 3 rings (SSSR count). The summed E-state index contributed by atoms with van der Waals surface area (Å²) in [6, 6.07) is 5.88. The van der Waals surface area contributed by atoms with Crippen molar-refractivity contribution in [2.75, 3.05) is 20.3 Å². The van der Waals surface area contributed by atoms with E-state index in [0.29, 0.717) is 13.2 Å². The zero-order valence-corrected chi connectivity index (χ0v) is 12.8. The summed E-state index contributed by atoms with van der Waals surface area (Å²) in [4.78, 5) is 15.6. The van der Waals surface area contributed by atoms with Gasteiger partial charge in [0, 0.05) is 41.2 Å². The third kappa shape index (κ3) is 2.92. The number of aryl methyl sites for hydroxylation is 1. The largest absolute Gasteiger partial charge is 0.383 e. The molecular weight excluding hydrogens is 288 g/mol. The van der Waals surface area contributed by atoms with Crippen LogP contribution >= 0.6 is 11.6 Å². The maximum atomic E-state index is 12.2. The maximum Gasteiger partial charge on any atom is 0.223 e. The van der Waals surface area contributed by atoms with E-state index < -0.39 is 0 Å². The molecule has 0 fully saturated rings. The maximum absolute atomic E-state index is 12.2. The molecular formula is C16H19ClN2O2. The van der Waals surface area contributed by atoms with Gasteiger partial charge in [-0.1, -0.05) is 11.6 Å². The second-order valence-corrected chi connectivity index (χ2v) is 5.93. The number of halogens is 1. The Morgan fingerprint density at radius 3 is 3.19 bits per heavy atom. The minimum atomic E-state index is 0.0346. The van der Waals surface area contributed by atoms with E-state index in [2.05, 4.69) is 10.3 Å². The van der Waals surface area contributed by atoms with Crippen molar-refractivity contribution in [2.45, 2.75) is 19.3 Å². The fourth-order valence-corrected chi connectivity index (χ4v) is 3.21. The molecule has 1 aliphatic rings. The number of aromatic amines is 1. The summed E-state index contributed by atoms with van der Waals surface area (Å²) in [5, 5.41) is 4.81. The van der Waals surface area contributed by atoms with E-state index in [1.165, 1.54) is 11.3 Å². The second kappa shape index (κ2) is 6.08. The number of aromatic nitrogens is 1. The zero-order chi connectivity index (χ0) is 14.8. The molecule has 21 heavy (non-hydrogen) atoms. The fourth-order valence-electron chi connectivity index (χ4n) is 3.03. The second-order valence-electron chi connectivity index (χ2n) is 5.50. The first-order valence-corrected chi connectivity index (χ1v) is 7.62. The van der Waals surface area contributed by atoms with Crippen molar-refractivity contribution in [3.8, 4) is 0 Å². The highest BCUT2D eigenvalue weighted by Gasteiger charge is 2.27. The first kappa shape index (κ1) is 14.4. The summed E-state index contributed by atoms with van der Waals surface area (Å²) < 4.78 is 4.96. The smallest absolute Gasteiger partial charge is 0.223 e. The Bertz CT molecular complexity index is 666. The number of hydrogen-bond donors (Lipinski definition) is 2. The molecule has 1 aliphatic carbocycles. The highest BCUT2D eigenvalue weighted by Crippen LogP contribution is 2.33. The van der Waals surface area contributed by atoms with E-state index in [0.717, 1.165) is 35.2 Å². The Morgan fingerprint density at radius 2 is 2.38 bits per heavy atom. The lowest BCUT2D eigenvalue weighted by molar-refractivity contribution is -0.125. The van der Waals surface area contributed by atoms with Gasteiger partial charge in [-0.25, -0.2) is 0 Å². The van der Waals surface area contributed by atoms with E-state index >= 15 is 0 Å². The SMILES string of the molecule is COCCNC(=O)C1CCc2[nH]c3ccc(Cl)cc3c2C1. The lowest BCUT2D eigenvalue weighted by Crippen LogP contribution is -2.35. The average molecular weight is 307 g/mol. The van der Waals surface area contributed by atoms with Gasteiger partial charge in [-0.3, -0.25) is 4.79 Å². The summed E-state index contributed by atoms with van der Waals surface area (Å²) in [5.41, 5.74) is 3.59. The zero-order valence-electron chi connectivity index (χ0n) is 12.0. The number of rotatable bonds is 4. The van der Waals surface area contributed by atoms with Crippen LogP contribution in [0.2, 0.25) is 5.02 Å². The molecule has 2 aromatic rings. The predicted octanol–water partition coefficient (Wildman–Crippen LogP) is 2.69. The van der Waals surface area contributed by atoms with E-state index in [-0.39, 0.29) is 11.8 Å². The number of H-pyrrole nitrogens is 1. The Labute approximate surface area is 128 Å². The van der Waals surface area contributed by atoms with E-state index in [4.69, 9.17) is 16.3 Å². The minimum Gasteiger partial charge on any atom is -0.383 e. The number of amides is 1. The molecule has 1 heterocycles. The van der Waals surface area contributed by atoms with Gasteiger partial charge in [0.25, 0.3) is 0 Å². The van der Waals surface area contributed by atoms with Crippen LogP contribution in [0.15, 0.2) is 18.2 Å². The molecule has 0 radical (unpaired) electrons. The van der Waals surface area contributed by atoms with Crippen LogP contribution in [0.25, 0.3) is 10.9 Å². The van der Waals surface area contributed by atoms with Crippen LogP contribution in [-0.4, -0.2) is 31.2 Å². The molecule has 2 N–H and O–H groups in total. The molecule has 112 valence electrons. The molecule has 4 nitrogen and oxygen atoms in total. The number of methoxy groups -OCH3 is 1. The van der Waals surface area contributed by atoms with Gasteiger partial charge in [-0.15, -0.1) is 0 Å². The van der Waals surface area contributed by atoms with Gasteiger partial charge in [0.2, 0.25) is 5.91 Å². The number of benzene rings is 1. The number of carbonyl (C=O) groups is 1. The van der Waals surface area contributed by atoms with Crippen molar-refractivity contribution in [1.29, 1.82) is 0 Å². The van der Waals surface area contributed by atoms with E-state index in [1.807, 2.05) is 18.2 Å². The van der Waals surface area contributed by atoms with Crippen LogP contribution in [0.4, 0.5) is 0 Å². The Balaban J connectivity index is 1.79. The molecule has 0 saturated carbocycles. The first-order valence-electron chi connectivity index (χ1n) is 7.24. The first-order chi connectivity index (χ1) is 10.2. The molecule has 1 aromatic heterocycles. The standard InChI is InChI=1S/C16H19ClN2O2/c1-21-7-6-18-16(20)10-2-4-14-12(8-10)13-9-11(17)3-5-15(13)19-14/h3,5,9-10,19H,2,4,6-8H2,1H3,(H,18,20). The third-order valence-corrected chi connectivity index (χ3v) is 4.36. The van der Waals surface area contributed by atoms with Crippen LogP contribution in [-0.2, 0) is 22.4 Å². The van der Waals surface area contributed by atoms with Crippen molar-refractivity contribution >= 4 is 28.4 Å². The van der Waals surface area contributed by atoms with E-state index in [9.17, 15) is 4.79 Å². The van der Waals surface area contributed by atoms with Gasteiger partial charge in [-0.2, -0.15) is 0 Å². The lowest BCUT2D eigenvalue weighted by atomic mass is 9.86. The molecule has 0 aliphatic heterocycles. The van der Waals surface area contributed by atoms with Crippen molar-refractivity contribution in [2.24, 2.45) is 5.92 Å². The van der Waals surface area contributed by atoms with Crippen LogP contribution in [0.5, 0.6) is 0 Å². The fraction of sp³-hybridized carbons (Fsp3) is 0.438. The molecule has 1 amide bonds. The monoisotopic (exact) mass is 306 g/mol. The molecule has 0 saturated heterocycles. The highest BCUT2D eigenvalue weighted by molar-refractivity contribution is 6.31. The summed E-state index contributed by atoms with van der Waals surface area (Å²) in [7, 11) is 1.63. The molecule has 5 heteroatoms. The van der Waals surface area contributed by atoms with Crippen LogP contribution < -0.4 is 5.32 Å².